The Labute approximate surface area is 165 Å². The normalized spacial score (nSPS) is 17.5. The molecule has 6 heteroatoms. The van der Waals surface area contributed by atoms with E-state index in [0.29, 0.717) is 6.42 Å². The molecule has 2 amide bonds. The van der Waals surface area contributed by atoms with Gasteiger partial charge in [0.05, 0.1) is 0 Å². The van der Waals surface area contributed by atoms with Crippen molar-refractivity contribution >= 4 is 28.9 Å². The highest BCUT2D eigenvalue weighted by Crippen LogP contribution is 2.26. The van der Waals surface area contributed by atoms with E-state index in [9.17, 15) is 9.59 Å². The molecule has 0 aliphatic carbocycles. The molecule has 2 aliphatic rings. The van der Waals surface area contributed by atoms with Crippen molar-refractivity contribution in [3.8, 4) is 0 Å². The van der Waals surface area contributed by atoms with Gasteiger partial charge in [-0.1, -0.05) is 18.2 Å². The van der Waals surface area contributed by atoms with Gasteiger partial charge in [0.25, 0.3) is 0 Å². The van der Waals surface area contributed by atoms with Gasteiger partial charge in [-0.3, -0.25) is 9.59 Å². The molecular weight excluding hydrogens is 352 g/mol. The van der Waals surface area contributed by atoms with Gasteiger partial charge in [-0.15, -0.1) is 0 Å². The van der Waals surface area contributed by atoms with Crippen LogP contribution in [0.3, 0.4) is 0 Å². The van der Waals surface area contributed by atoms with Gasteiger partial charge >= 0.3 is 0 Å². The van der Waals surface area contributed by atoms with Crippen molar-refractivity contribution < 1.29 is 9.59 Å². The van der Waals surface area contributed by atoms with Crippen LogP contribution in [0.25, 0.3) is 0 Å². The minimum atomic E-state index is -0.292. The molecule has 2 aromatic rings. The predicted octanol–water partition coefficient (Wildman–Crippen LogP) is 2.72. The maximum atomic E-state index is 12.9. The molecule has 0 aromatic heterocycles. The number of fused-ring (bicyclic) bond motifs is 1. The molecule has 6 nitrogen and oxygen atoms in total. The van der Waals surface area contributed by atoms with Crippen molar-refractivity contribution in [2.75, 3.05) is 41.7 Å². The summed E-state index contributed by atoms with van der Waals surface area (Å²) in [5, 5.41) is 6.21. The van der Waals surface area contributed by atoms with Gasteiger partial charge in [-0.2, -0.15) is 0 Å². The molecule has 2 aliphatic heterocycles. The number of amides is 2. The lowest BCUT2D eigenvalue weighted by Gasteiger charge is -2.37. The number of hydrogen-bond donors (Lipinski definition) is 2. The van der Waals surface area contributed by atoms with Gasteiger partial charge in [-0.05, 0) is 49.2 Å². The second-order valence-electron chi connectivity index (χ2n) is 7.43. The van der Waals surface area contributed by atoms with Crippen LogP contribution in [0.15, 0.2) is 48.5 Å². The molecule has 1 fully saturated rings. The number of carbonyl (C=O) groups excluding carboxylic acids is 2. The summed E-state index contributed by atoms with van der Waals surface area (Å²) in [5.41, 5.74) is 4.11. The first-order valence-electron chi connectivity index (χ1n) is 9.88. The summed E-state index contributed by atoms with van der Waals surface area (Å²) in [5.74, 6) is 0.185. The van der Waals surface area contributed by atoms with Crippen LogP contribution in [-0.2, 0) is 16.0 Å². The molecule has 28 heavy (non-hydrogen) atoms. The highest BCUT2D eigenvalue weighted by Gasteiger charge is 2.25. The first kappa shape index (κ1) is 18.3. The molecule has 0 bridgehead atoms. The molecule has 1 saturated heterocycles. The number of nitrogens with zero attached hydrogens (tertiary/aromatic N) is 2. The van der Waals surface area contributed by atoms with Gasteiger partial charge in [0.15, 0.2) is 0 Å². The Morgan fingerprint density at radius 2 is 1.79 bits per heavy atom. The second-order valence-corrected chi connectivity index (χ2v) is 7.43. The summed E-state index contributed by atoms with van der Waals surface area (Å²) in [6.45, 7) is 5.07. The Bertz CT molecular complexity index is 860. The van der Waals surface area contributed by atoms with Crippen LogP contribution in [0.4, 0.5) is 17.1 Å². The summed E-state index contributed by atoms with van der Waals surface area (Å²) in [4.78, 5) is 28.6. The summed E-state index contributed by atoms with van der Waals surface area (Å²) in [6, 6.07) is 15.9. The molecule has 146 valence electrons. The molecule has 0 saturated carbocycles. The van der Waals surface area contributed by atoms with E-state index in [1.165, 1.54) is 5.69 Å². The summed E-state index contributed by atoms with van der Waals surface area (Å²) in [6.07, 6.45) is 1.25. The minimum absolute atomic E-state index is 0.0615. The molecule has 1 unspecified atom stereocenters. The topological polar surface area (TPSA) is 64.7 Å². The zero-order chi connectivity index (χ0) is 19.5. The number of para-hydroxylation sites is 1. The zero-order valence-electron chi connectivity index (χ0n) is 16.1. The van der Waals surface area contributed by atoms with Crippen molar-refractivity contribution in [2.45, 2.75) is 25.8 Å². The van der Waals surface area contributed by atoms with Crippen LogP contribution >= 0.6 is 0 Å². The predicted molar refractivity (Wildman–Crippen MR) is 112 cm³/mol. The lowest BCUT2D eigenvalue weighted by molar-refractivity contribution is -0.132. The van der Waals surface area contributed by atoms with Crippen LogP contribution in [0.2, 0.25) is 0 Å². The molecule has 2 heterocycles. The van der Waals surface area contributed by atoms with E-state index in [1.807, 2.05) is 48.2 Å². The Kier molecular flexibility index (Phi) is 5.19. The van der Waals surface area contributed by atoms with Crippen molar-refractivity contribution in [1.29, 1.82) is 0 Å². The fourth-order valence-electron chi connectivity index (χ4n) is 3.88. The van der Waals surface area contributed by atoms with Gasteiger partial charge in [0, 0.05) is 49.7 Å². The number of nitrogens with one attached hydrogen (secondary N) is 2. The zero-order valence-corrected chi connectivity index (χ0v) is 16.1. The summed E-state index contributed by atoms with van der Waals surface area (Å²) in [7, 11) is 0. The Hall–Kier alpha value is -3.02. The lowest BCUT2D eigenvalue weighted by Crippen LogP contribution is -2.52. The van der Waals surface area contributed by atoms with E-state index in [2.05, 4.69) is 27.7 Å². The van der Waals surface area contributed by atoms with E-state index in [4.69, 9.17) is 0 Å². The van der Waals surface area contributed by atoms with E-state index in [-0.39, 0.29) is 17.9 Å². The molecule has 1 atom stereocenters. The van der Waals surface area contributed by atoms with Crippen molar-refractivity contribution in [3.05, 3.63) is 54.1 Å². The Morgan fingerprint density at radius 1 is 1.04 bits per heavy atom. The third-order valence-electron chi connectivity index (χ3n) is 5.47. The highest BCUT2D eigenvalue weighted by atomic mass is 16.2. The summed E-state index contributed by atoms with van der Waals surface area (Å²) >= 11 is 0. The number of hydrogen-bond acceptors (Lipinski definition) is 4. The largest absolute Gasteiger partial charge is 0.374 e. The van der Waals surface area contributed by atoms with Gasteiger partial charge in [0.1, 0.15) is 6.04 Å². The molecule has 2 aromatic carbocycles. The highest BCUT2D eigenvalue weighted by molar-refractivity contribution is 5.94. The fraction of sp³-hybridized carbons (Fsp3) is 0.364. The van der Waals surface area contributed by atoms with Crippen molar-refractivity contribution in [3.63, 3.8) is 0 Å². The van der Waals surface area contributed by atoms with E-state index in [0.717, 1.165) is 49.5 Å². The number of piperazine rings is 1. The smallest absolute Gasteiger partial charge is 0.244 e. The monoisotopic (exact) mass is 378 g/mol. The third kappa shape index (κ3) is 3.96. The maximum absolute atomic E-state index is 12.9. The molecule has 0 spiro atoms. The first-order valence-corrected chi connectivity index (χ1v) is 9.88. The number of rotatable bonds is 4. The lowest BCUT2D eigenvalue weighted by atomic mass is 10.0. The Morgan fingerprint density at radius 3 is 2.54 bits per heavy atom. The summed E-state index contributed by atoms with van der Waals surface area (Å²) < 4.78 is 0. The van der Waals surface area contributed by atoms with Crippen molar-refractivity contribution in [2.24, 2.45) is 0 Å². The average Bonchev–Trinajstić information content (AvgIpc) is 2.74. The fourth-order valence-corrected chi connectivity index (χ4v) is 3.88. The number of aryl methyl sites for hydroxylation is 1. The second kappa shape index (κ2) is 7.92. The Balaban J connectivity index is 1.33. The average molecular weight is 378 g/mol. The third-order valence-corrected chi connectivity index (χ3v) is 5.47. The van der Waals surface area contributed by atoms with Crippen molar-refractivity contribution in [1.82, 2.24) is 4.90 Å². The molecular formula is C22H26N4O2. The van der Waals surface area contributed by atoms with Crippen LogP contribution in [-0.4, -0.2) is 48.9 Å². The van der Waals surface area contributed by atoms with Gasteiger partial charge in [-0.25, -0.2) is 0 Å². The van der Waals surface area contributed by atoms with Crippen LogP contribution in [0, 0.1) is 0 Å². The molecule has 0 radical (unpaired) electrons. The first-order chi connectivity index (χ1) is 13.6. The standard InChI is InChI=1S/C22H26N4O2/c1-16(23-18-8-9-20-17(15-18)7-10-21(27)24-20)22(28)26-13-11-25(12-14-26)19-5-3-2-4-6-19/h2-6,8-9,15-16,23H,7,10-14H2,1H3,(H,24,27). The quantitative estimate of drug-likeness (QED) is 0.859. The molecule has 4 rings (SSSR count). The number of carbonyl (C=O) groups is 2. The maximum Gasteiger partial charge on any atom is 0.244 e. The van der Waals surface area contributed by atoms with Crippen LogP contribution in [0.5, 0.6) is 0 Å². The SMILES string of the molecule is CC(Nc1ccc2c(c1)CCC(=O)N2)C(=O)N1CCN(c2ccccc2)CC1. The van der Waals surface area contributed by atoms with E-state index in [1.54, 1.807) is 0 Å². The van der Waals surface area contributed by atoms with E-state index < -0.39 is 0 Å². The van der Waals surface area contributed by atoms with Crippen LogP contribution < -0.4 is 15.5 Å². The van der Waals surface area contributed by atoms with Gasteiger partial charge in [0.2, 0.25) is 11.8 Å². The van der Waals surface area contributed by atoms with E-state index >= 15 is 0 Å². The number of benzene rings is 2. The number of anilines is 3. The molecule has 2 N–H and O–H groups in total. The van der Waals surface area contributed by atoms with Crippen LogP contribution in [0.1, 0.15) is 18.9 Å². The van der Waals surface area contributed by atoms with Gasteiger partial charge < -0.3 is 20.4 Å². The minimum Gasteiger partial charge on any atom is -0.374 e.